The highest BCUT2D eigenvalue weighted by Crippen LogP contribution is 2.32. The molecule has 32 heavy (non-hydrogen) atoms. The van der Waals surface area contributed by atoms with E-state index in [-0.39, 0.29) is 11.1 Å². The van der Waals surface area contributed by atoms with Crippen molar-refractivity contribution < 1.29 is 13.5 Å². The van der Waals surface area contributed by atoms with Gasteiger partial charge < -0.3 is 4.74 Å². The van der Waals surface area contributed by atoms with Crippen LogP contribution in [-0.4, -0.2) is 6.61 Å². The zero-order valence-corrected chi connectivity index (χ0v) is 19.5. The van der Waals surface area contributed by atoms with Crippen molar-refractivity contribution in [2.24, 2.45) is 5.92 Å². The van der Waals surface area contributed by atoms with Crippen molar-refractivity contribution in [1.82, 2.24) is 0 Å². The van der Waals surface area contributed by atoms with Gasteiger partial charge in [0.05, 0.1) is 6.61 Å². The van der Waals surface area contributed by atoms with E-state index < -0.39 is 11.6 Å². The number of benzene rings is 3. The summed E-state index contributed by atoms with van der Waals surface area (Å²) in [6.07, 6.45) is 6.86. The molecule has 1 atom stereocenters. The molecule has 0 saturated carbocycles. The summed E-state index contributed by atoms with van der Waals surface area (Å²) < 4.78 is 35.5. The number of rotatable bonds is 11. The topological polar surface area (TPSA) is 9.23 Å². The lowest BCUT2D eigenvalue weighted by Crippen LogP contribution is -2.00. The monoisotopic (exact) mass is 436 g/mol. The van der Waals surface area contributed by atoms with Crippen LogP contribution in [0.5, 0.6) is 5.75 Å². The van der Waals surface area contributed by atoms with Gasteiger partial charge in [-0.1, -0.05) is 88.6 Å². The van der Waals surface area contributed by atoms with E-state index in [2.05, 4.69) is 20.8 Å². The molecule has 0 N–H and O–H groups in total. The Morgan fingerprint density at radius 1 is 0.719 bits per heavy atom. The van der Waals surface area contributed by atoms with Crippen LogP contribution >= 0.6 is 0 Å². The minimum atomic E-state index is -0.822. The Morgan fingerprint density at radius 2 is 1.28 bits per heavy atom. The van der Waals surface area contributed by atoms with E-state index in [1.807, 2.05) is 36.4 Å². The molecule has 0 aliphatic heterocycles. The Bertz CT molecular complexity index is 977. The van der Waals surface area contributed by atoms with Crippen molar-refractivity contribution in [3.8, 4) is 28.0 Å². The van der Waals surface area contributed by atoms with Crippen LogP contribution in [0.2, 0.25) is 0 Å². The summed E-state index contributed by atoms with van der Waals surface area (Å²) in [4.78, 5) is 0. The summed E-state index contributed by atoms with van der Waals surface area (Å²) in [5.74, 6) is -0.109. The molecule has 170 valence electrons. The second-order valence-electron chi connectivity index (χ2n) is 8.60. The van der Waals surface area contributed by atoms with Gasteiger partial charge in [-0.05, 0) is 54.0 Å². The number of halogens is 2. The van der Waals surface area contributed by atoms with Crippen LogP contribution in [0.3, 0.4) is 0 Å². The fourth-order valence-electron chi connectivity index (χ4n) is 4.07. The van der Waals surface area contributed by atoms with Crippen LogP contribution in [0.15, 0.2) is 60.7 Å². The van der Waals surface area contributed by atoms with E-state index in [0.29, 0.717) is 17.7 Å². The van der Waals surface area contributed by atoms with E-state index in [1.54, 1.807) is 24.3 Å². The van der Waals surface area contributed by atoms with Gasteiger partial charge >= 0.3 is 0 Å². The first kappa shape index (κ1) is 24.0. The first-order valence-corrected chi connectivity index (χ1v) is 11.8. The second-order valence-corrected chi connectivity index (χ2v) is 8.60. The van der Waals surface area contributed by atoms with E-state index in [0.717, 1.165) is 30.9 Å². The first-order valence-electron chi connectivity index (χ1n) is 11.8. The molecular weight excluding hydrogens is 402 g/mol. The maximum atomic E-state index is 14.9. The summed E-state index contributed by atoms with van der Waals surface area (Å²) >= 11 is 0. The summed E-state index contributed by atoms with van der Waals surface area (Å²) in [5.41, 5.74) is 3.02. The molecule has 0 aromatic heterocycles. The lowest BCUT2D eigenvalue weighted by atomic mass is 9.98. The van der Waals surface area contributed by atoms with Gasteiger partial charge in [0.15, 0.2) is 11.6 Å². The van der Waals surface area contributed by atoms with Gasteiger partial charge in [0, 0.05) is 11.1 Å². The Labute approximate surface area is 191 Å². The van der Waals surface area contributed by atoms with Crippen LogP contribution in [0.25, 0.3) is 22.3 Å². The van der Waals surface area contributed by atoms with E-state index in [1.165, 1.54) is 24.8 Å². The molecule has 0 heterocycles. The van der Waals surface area contributed by atoms with Crippen molar-refractivity contribution in [2.45, 2.75) is 59.3 Å². The zero-order valence-electron chi connectivity index (χ0n) is 19.5. The molecule has 1 unspecified atom stereocenters. The van der Waals surface area contributed by atoms with Gasteiger partial charge in [0.1, 0.15) is 5.75 Å². The first-order chi connectivity index (χ1) is 15.5. The lowest BCUT2D eigenvalue weighted by Gasteiger charge is -2.12. The third-order valence-corrected chi connectivity index (χ3v) is 6.06. The molecule has 1 nitrogen and oxygen atoms in total. The van der Waals surface area contributed by atoms with Gasteiger partial charge in [-0.3, -0.25) is 0 Å². The van der Waals surface area contributed by atoms with Crippen LogP contribution in [0.4, 0.5) is 8.78 Å². The minimum Gasteiger partial charge on any atom is -0.494 e. The summed E-state index contributed by atoms with van der Waals surface area (Å²) in [7, 11) is 0. The molecule has 3 aromatic carbocycles. The van der Waals surface area contributed by atoms with Crippen LogP contribution in [-0.2, 0) is 6.42 Å². The molecule has 3 rings (SSSR count). The Balaban J connectivity index is 1.62. The fourth-order valence-corrected chi connectivity index (χ4v) is 4.07. The average Bonchev–Trinajstić information content (AvgIpc) is 2.81. The largest absolute Gasteiger partial charge is 0.494 e. The number of ether oxygens (including phenoxy) is 1. The Hall–Kier alpha value is -2.68. The molecular formula is C29H34F2O. The predicted molar refractivity (Wildman–Crippen MR) is 130 cm³/mol. The van der Waals surface area contributed by atoms with Crippen molar-refractivity contribution in [3.05, 3.63) is 77.9 Å². The molecule has 0 aliphatic carbocycles. The van der Waals surface area contributed by atoms with Crippen LogP contribution in [0.1, 0.15) is 58.4 Å². The van der Waals surface area contributed by atoms with E-state index >= 15 is 0 Å². The van der Waals surface area contributed by atoms with Gasteiger partial charge in [-0.15, -0.1) is 0 Å². The van der Waals surface area contributed by atoms with Gasteiger partial charge in [0.25, 0.3) is 0 Å². The SMILES string of the molecule is CCCC(C)CCCCOc1ccc(-c2ccc(-c3ccc(CC)cc3)c(F)c2F)cc1. The predicted octanol–water partition coefficient (Wildman–Crippen LogP) is 8.85. The molecule has 0 aliphatic rings. The van der Waals surface area contributed by atoms with Crippen LogP contribution < -0.4 is 4.74 Å². The molecule has 0 amide bonds. The highest BCUT2D eigenvalue weighted by Gasteiger charge is 2.16. The highest BCUT2D eigenvalue weighted by atomic mass is 19.2. The number of unbranched alkanes of at least 4 members (excludes halogenated alkanes) is 1. The zero-order chi connectivity index (χ0) is 22.9. The quantitative estimate of drug-likeness (QED) is 0.273. The summed E-state index contributed by atoms with van der Waals surface area (Å²) in [5, 5.41) is 0. The van der Waals surface area contributed by atoms with E-state index in [9.17, 15) is 8.78 Å². The third kappa shape index (κ3) is 6.18. The van der Waals surface area contributed by atoms with Crippen molar-refractivity contribution in [1.29, 1.82) is 0 Å². The van der Waals surface area contributed by atoms with Gasteiger partial charge in [0.2, 0.25) is 0 Å². The minimum absolute atomic E-state index is 0.257. The second kappa shape index (κ2) is 11.8. The maximum Gasteiger partial charge on any atom is 0.167 e. The normalized spacial score (nSPS) is 12.0. The van der Waals surface area contributed by atoms with Crippen molar-refractivity contribution in [3.63, 3.8) is 0 Å². The number of hydrogen-bond acceptors (Lipinski definition) is 1. The molecule has 3 aromatic rings. The van der Waals surface area contributed by atoms with Crippen LogP contribution in [0, 0.1) is 17.6 Å². The van der Waals surface area contributed by atoms with Gasteiger partial charge in [-0.25, -0.2) is 8.78 Å². The molecule has 0 bridgehead atoms. The molecule has 0 fully saturated rings. The van der Waals surface area contributed by atoms with E-state index in [4.69, 9.17) is 4.74 Å². The van der Waals surface area contributed by atoms with Crippen molar-refractivity contribution >= 4 is 0 Å². The smallest absolute Gasteiger partial charge is 0.167 e. The number of hydrogen-bond donors (Lipinski definition) is 0. The van der Waals surface area contributed by atoms with Crippen molar-refractivity contribution in [2.75, 3.05) is 6.61 Å². The Kier molecular flexibility index (Phi) is 8.84. The summed E-state index contributed by atoms with van der Waals surface area (Å²) in [6, 6.07) is 18.1. The Morgan fingerprint density at radius 3 is 1.81 bits per heavy atom. The molecule has 0 spiro atoms. The summed E-state index contributed by atoms with van der Waals surface area (Å²) in [6.45, 7) is 7.27. The molecule has 0 saturated heterocycles. The molecule has 3 heteroatoms. The highest BCUT2D eigenvalue weighted by molar-refractivity contribution is 5.72. The maximum absolute atomic E-state index is 14.9. The standard InChI is InChI=1S/C29H34F2O/c1-4-8-21(3)9-6-7-20-32-25-16-14-24(15-17-25)27-19-18-26(28(30)29(27)31)23-12-10-22(5-2)11-13-23/h10-19,21H,4-9,20H2,1-3H3. The fraction of sp³-hybridized carbons (Fsp3) is 0.379. The third-order valence-electron chi connectivity index (χ3n) is 6.06. The van der Waals surface area contributed by atoms with Gasteiger partial charge in [-0.2, -0.15) is 0 Å². The number of aryl methyl sites for hydroxylation is 1. The molecule has 0 radical (unpaired) electrons. The lowest BCUT2D eigenvalue weighted by molar-refractivity contribution is 0.299. The average molecular weight is 437 g/mol.